The van der Waals surface area contributed by atoms with E-state index in [0.717, 1.165) is 11.8 Å². The van der Waals surface area contributed by atoms with Crippen molar-refractivity contribution in [3.05, 3.63) is 42.0 Å². The fourth-order valence-electron chi connectivity index (χ4n) is 1.94. The van der Waals surface area contributed by atoms with Crippen molar-refractivity contribution < 1.29 is 27.8 Å². The van der Waals surface area contributed by atoms with Gasteiger partial charge < -0.3 is 23.5 Å². The van der Waals surface area contributed by atoms with Gasteiger partial charge in [-0.3, -0.25) is 9.59 Å². The standard InChI is InChI=1S/C16H15N3O6S/c1-10-5-14(19-24-10)17-15(20)8-26-9-16(21)23-7-11-6-13(25-18-11)12-3-2-4-22-12/h2-6H,7-9H2,1H3,(H,17,19,20). The Labute approximate surface area is 152 Å². The zero-order valence-electron chi connectivity index (χ0n) is 13.8. The lowest BCUT2D eigenvalue weighted by atomic mass is 10.3. The van der Waals surface area contributed by atoms with E-state index in [1.165, 1.54) is 6.26 Å². The highest BCUT2D eigenvalue weighted by atomic mass is 32.2. The number of carbonyl (C=O) groups excluding carboxylic acids is 2. The van der Waals surface area contributed by atoms with E-state index in [-0.39, 0.29) is 24.0 Å². The van der Waals surface area contributed by atoms with Crippen molar-refractivity contribution in [1.82, 2.24) is 10.3 Å². The largest absolute Gasteiger partial charge is 0.461 e. The molecule has 10 heteroatoms. The van der Waals surface area contributed by atoms with Crippen LogP contribution >= 0.6 is 11.8 Å². The van der Waals surface area contributed by atoms with Crippen LogP contribution in [0.2, 0.25) is 0 Å². The first-order valence-electron chi connectivity index (χ1n) is 7.56. The number of aromatic nitrogens is 2. The van der Waals surface area contributed by atoms with Crippen LogP contribution in [-0.2, 0) is 20.9 Å². The van der Waals surface area contributed by atoms with Gasteiger partial charge in [-0.1, -0.05) is 10.3 Å². The van der Waals surface area contributed by atoms with Crippen LogP contribution in [0.25, 0.3) is 11.5 Å². The fourth-order valence-corrected chi connectivity index (χ4v) is 2.55. The van der Waals surface area contributed by atoms with Crippen molar-refractivity contribution in [3.8, 4) is 11.5 Å². The Balaban J connectivity index is 1.35. The number of rotatable bonds is 8. The summed E-state index contributed by atoms with van der Waals surface area (Å²) in [5, 5.41) is 10.0. The fraction of sp³-hybridized carbons (Fsp3) is 0.250. The average molecular weight is 377 g/mol. The first-order chi connectivity index (χ1) is 12.6. The zero-order chi connectivity index (χ0) is 18.4. The van der Waals surface area contributed by atoms with Crippen LogP contribution < -0.4 is 5.32 Å². The van der Waals surface area contributed by atoms with Crippen LogP contribution in [0, 0.1) is 6.92 Å². The van der Waals surface area contributed by atoms with Gasteiger partial charge in [0.2, 0.25) is 11.7 Å². The summed E-state index contributed by atoms with van der Waals surface area (Å²) in [6.07, 6.45) is 1.52. The molecule has 9 nitrogen and oxygen atoms in total. The highest BCUT2D eigenvalue weighted by Crippen LogP contribution is 2.20. The maximum Gasteiger partial charge on any atom is 0.316 e. The highest BCUT2D eigenvalue weighted by molar-refractivity contribution is 8.00. The number of anilines is 1. The van der Waals surface area contributed by atoms with Gasteiger partial charge in [-0.2, -0.15) is 0 Å². The molecule has 0 atom stereocenters. The number of hydrogen-bond donors (Lipinski definition) is 1. The Morgan fingerprint density at radius 2 is 2.08 bits per heavy atom. The van der Waals surface area contributed by atoms with Crippen molar-refractivity contribution in [2.24, 2.45) is 0 Å². The van der Waals surface area contributed by atoms with Gasteiger partial charge in [0.05, 0.1) is 17.8 Å². The molecule has 0 fully saturated rings. The monoisotopic (exact) mass is 377 g/mol. The van der Waals surface area contributed by atoms with Gasteiger partial charge in [0.1, 0.15) is 18.1 Å². The Morgan fingerprint density at radius 1 is 1.19 bits per heavy atom. The van der Waals surface area contributed by atoms with Crippen molar-refractivity contribution in [3.63, 3.8) is 0 Å². The lowest BCUT2D eigenvalue weighted by Gasteiger charge is -2.03. The number of carbonyl (C=O) groups is 2. The average Bonchev–Trinajstić information content (AvgIpc) is 3.34. The van der Waals surface area contributed by atoms with E-state index >= 15 is 0 Å². The third kappa shape index (κ3) is 4.99. The molecule has 0 aromatic carbocycles. The molecule has 0 aliphatic carbocycles. The summed E-state index contributed by atoms with van der Waals surface area (Å²) < 4.78 is 20.2. The predicted molar refractivity (Wildman–Crippen MR) is 91.2 cm³/mol. The molecule has 3 aromatic heterocycles. The molecule has 3 rings (SSSR count). The van der Waals surface area contributed by atoms with Crippen molar-refractivity contribution >= 4 is 29.5 Å². The summed E-state index contributed by atoms with van der Waals surface area (Å²) in [5.41, 5.74) is 0.467. The molecule has 3 heterocycles. The number of nitrogens with one attached hydrogen (secondary N) is 1. The molecular weight excluding hydrogens is 362 g/mol. The minimum atomic E-state index is -0.456. The zero-order valence-corrected chi connectivity index (χ0v) is 14.6. The third-order valence-electron chi connectivity index (χ3n) is 3.05. The van der Waals surface area contributed by atoms with E-state index in [2.05, 4.69) is 15.6 Å². The predicted octanol–water partition coefficient (Wildman–Crippen LogP) is 2.65. The van der Waals surface area contributed by atoms with Crippen LogP contribution in [0.4, 0.5) is 5.82 Å². The molecule has 0 aliphatic heterocycles. The molecule has 0 radical (unpaired) electrons. The molecule has 0 unspecified atom stereocenters. The second kappa shape index (κ2) is 8.39. The van der Waals surface area contributed by atoms with Gasteiger partial charge in [-0.05, 0) is 19.1 Å². The van der Waals surface area contributed by atoms with Gasteiger partial charge in [0, 0.05) is 12.1 Å². The highest BCUT2D eigenvalue weighted by Gasteiger charge is 2.12. The topological polar surface area (TPSA) is 121 Å². The molecular formula is C16H15N3O6S. The normalized spacial score (nSPS) is 10.7. The Bertz CT molecular complexity index is 870. The summed E-state index contributed by atoms with van der Waals surface area (Å²) in [5.74, 6) is 1.32. The maximum atomic E-state index is 11.7. The molecule has 1 N–H and O–H groups in total. The Hall–Kier alpha value is -3.01. The smallest absolute Gasteiger partial charge is 0.316 e. The number of thioether (sulfide) groups is 1. The molecule has 0 spiro atoms. The van der Waals surface area contributed by atoms with Gasteiger partial charge in [0.25, 0.3) is 0 Å². The maximum absolute atomic E-state index is 11.7. The van der Waals surface area contributed by atoms with Crippen LogP contribution in [0.5, 0.6) is 0 Å². The summed E-state index contributed by atoms with van der Waals surface area (Å²) in [4.78, 5) is 23.4. The molecule has 0 bridgehead atoms. The summed E-state index contributed by atoms with van der Waals surface area (Å²) in [6, 6.07) is 6.70. The van der Waals surface area contributed by atoms with E-state index in [9.17, 15) is 9.59 Å². The van der Waals surface area contributed by atoms with Crippen molar-refractivity contribution in [1.29, 1.82) is 0 Å². The lowest BCUT2D eigenvalue weighted by molar-refractivity contribution is -0.141. The molecule has 3 aromatic rings. The molecule has 0 aliphatic rings. The molecule has 1 amide bonds. The van der Waals surface area contributed by atoms with Crippen LogP contribution in [0.1, 0.15) is 11.5 Å². The lowest BCUT2D eigenvalue weighted by Crippen LogP contribution is -2.16. The van der Waals surface area contributed by atoms with E-state index < -0.39 is 5.97 Å². The van der Waals surface area contributed by atoms with Crippen LogP contribution in [-0.4, -0.2) is 33.7 Å². The molecule has 0 saturated carbocycles. The number of esters is 1. The SMILES string of the molecule is Cc1cc(NC(=O)CSCC(=O)OCc2cc(-c3ccco3)on2)no1. The molecule has 0 saturated heterocycles. The summed E-state index contributed by atoms with van der Waals surface area (Å²) >= 11 is 1.13. The Kier molecular flexibility index (Phi) is 5.74. The molecule has 26 heavy (non-hydrogen) atoms. The second-order valence-electron chi connectivity index (χ2n) is 5.18. The first kappa shape index (κ1) is 17.8. The van der Waals surface area contributed by atoms with Gasteiger partial charge in [0.15, 0.2) is 11.6 Å². The minimum Gasteiger partial charge on any atom is -0.461 e. The number of hydrogen-bond acceptors (Lipinski definition) is 9. The summed E-state index contributed by atoms with van der Waals surface area (Å²) in [7, 11) is 0. The van der Waals surface area contributed by atoms with Crippen molar-refractivity contribution in [2.45, 2.75) is 13.5 Å². The van der Waals surface area contributed by atoms with E-state index in [1.54, 1.807) is 31.2 Å². The second-order valence-corrected chi connectivity index (χ2v) is 6.17. The molecule has 136 valence electrons. The summed E-state index contributed by atoms with van der Waals surface area (Å²) in [6.45, 7) is 1.70. The van der Waals surface area contributed by atoms with Gasteiger partial charge in [-0.25, -0.2) is 0 Å². The number of furan rings is 1. The van der Waals surface area contributed by atoms with Crippen LogP contribution in [0.3, 0.4) is 0 Å². The quantitative estimate of drug-likeness (QED) is 0.590. The third-order valence-corrected chi connectivity index (χ3v) is 3.96. The van der Waals surface area contributed by atoms with Gasteiger partial charge >= 0.3 is 5.97 Å². The van der Waals surface area contributed by atoms with E-state index in [1.807, 2.05) is 0 Å². The Morgan fingerprint density at radius 3 is 2.81 bits per heavy atom. The van der Waals surface area contributed by atoms with E-state index in [0.29, 0.717) is 28.8 Å². The number of aryl methyl sites for hydroxylation is 1. The van der Waals surface area contributed by atoms with Crippen LogP contribution in [0.15, 0.2) is 44.0 Å². The number of amides is 1. The van der Waals surface area contributed by atoms with Gasteiger partial charge in [-0.15, -0.1) is 11.8 Å². The number of nitrogens with zero attached hydrogens (tertiary/aromatic N) is 2. The van der Waals surface area contributed by atoms with Crippen molar-refractivity contribution in [2.75, 3.05) is 16.8 Å². The minimum absolute atomic E-state index is 0.0198. The number of ether oxygens (including phenoxy) is 1. The first-order valence-corrected chi connectivity index (χ1v) is 8.71. The van der Waals surface area contributed by atoms with E-state index in [4.69, 9.17) is 18.2 Å².